The fourth-order valence-electron chi connectivity index (χ4n) is 2.23. The molecule has 2 N–H and O–H groups in total. The lowest BCUT2D eigenvalue weighted by Crippen LogP contribution is -2.19. The van der Waals surface area contributed by atoms with Crippen molar-refractivity contribution in [3.8, 4) is 16.3 Å². The zero-order valence-electron chi connectivity index (χ0n) is 14.2. The molecule has 3 aromatic rings. The second kappa shape index (κ2) is 7.31. The molecule has 0 aliphatic rings. The van der Waals surface area contributed by atoms with Gasteiger partial charge in [0.05, 0.1) is 23.4 Å². The predicted octanol–water partition coefficient (Wildman–Crippen LogP) is 3.61. The topological polar surface area (TPSA) is 79.4 Å². The zero-order valence-corrected chi connectivity index (χ0v) is 15.0. The highest BCUT2D eigenvalue weighted by molar-refractivity contribution is 7.15. The van der Waals surface area contributed by atoms with Crippen LogP contribution in [0, 0.1) is 6.92 Å². The number of aromatic amines is 1. The van der Waals surface area contributed by atoms with Crippen LogP contribution in [0.5, 0.6) is 5.75 Å². The van der Waals surface area contributed by atoms with Crippen molar-refractivity contribution in [3.63, 3.8) is 0 Å². The van der Waals surface area contributed by atoms with Crippen LogP contribution in [-0.4, -0.2) is 28.9 Å². The fraction of sp³-hybridized carbons (Fsp3) is 0.167. The van der Waals surface area contributed by atoms with E-state index in [0.717, 1.165) is 21.9 Å². The van der Waals surface area contributed by atoms with Crippen molar-refractivity contribution < 1.29 is 9.53 Å². The van der Waals surface area contributed by atoms with Gasteiger partial charge in [0.15, 0.2) is 5.69 Å². The number of nitrogens with one attached hydrogen (secondary N) is 2. The first kappa shape index (κ1) is 16.9. The monoisotopic (exact) mass is 354 g/mol. The number of rotatable bonds is 5. The lowest BCUT2D eigenvalue weighted by molar-refractivity contribution is 0.0950. The summed E-state index contributed by atoms with van der Waals surface area (Å²) in [5.41, 5.74) is 5.25. The van der Waals surface area contributed by atoms with Crippen LogP contribution < -0.4 is 10.2 Å². The van der Waals surface area contributed by atoms with Gasteiger partial charge >= 0.3 is 0 Å². The van der Waals surface area contributed by atoms with E-state index < -0.39 is 0 Å². The molecule has 7 heteroatoms. The Morgan fingerprint density at radius 3 is 2.64 bits per heavy atom. The van der Waals surface area contributed by atoms with Crippen LogP contribution in [0.2, 0.25) is 0 Å². The molecule has 0 spiro atoms. The van der Waals surface area contributed by atoms with E-state index in [1.54, 1.807) is 24.5 Å². The third kappa shape index (κ3) is 3.95. The van der Waals surface area contributed by atoms with Crippen molar-refractivity contribution in [2.75, 3.05) is 7.11 Å². The van der Waals surface area contributed by atoms with Gasteiger partial charge in [-0.15, -0.1) is 11.3 Å². The molecular formula is C18H18N4O2S. The van der Waals surface area contributed by atoms with Crippen LogP contribution in [0.3, 0.4) is 0 Å². The summed E-state index contributed by atoms with van der Waals surface area (Å²) in [6.07, 6.45) is 0. The molecule has 128 valence electrons. The summed E-state index contributed by atoms with van der Waals surface area (Å²) in [7, 11) is 1.62. The number of methoxy groups -OCH3 is 1. The average Bonchev–Trinajstić information content (AvgIpc) is 3.28. The first-order valence-electron chi connectivity index (χ1n) is 7.68. The Bertz CT molecular complexity index is 909. The number of carbonyl (C=O) groups excluding carboxylic acids is 1. The number of hydrazone groups is 1. The normalized spacial score (nSPS) is 11.4. The second-order valence-electron chi connectivity index (χ2n) is 5.44. The lowest BCUT2D eigenvalue weighted by Gasteiger charge is -2.03. The molecule has 0 saturated carbocycles. The van der Waals surface area contributed by atoms with Gasteiger partial charge in [-0.25, -0.2) is 5.43 Å². The quantitative estimate of drug-likeness (QED) is 0.543. The van der Waals surface area contributed by atoms with Crippen molar-refractivity contribution in [2.24, 2.45) is 5.10 Å². The number of aryl methyl sites for hydroxylation is 1. The minimum atomic E-state index is -0.358. The molecule has 2 heterocycles. The summed E-state index contributed by atoms with van der Waals surface area (Å²) >= 11 is 1.64. The number of thiophene rings is 1. The molecule has 0 radical (unpaired) electrons. The minimum absolute atomic E-state index is 0.298. The van der Waals surface area contributed by atoms with Gasteiger partial charge in [-0.3, -0.25) is 9.89 Å². The number of amides is 1. The average molecular weight is 354 g/mol. The van der Waals surface area contributed by atoms with Gasteiger partial charge in [0, 0.05) is 4.88 Å². The molecular weight excluding hydrogens is 336 g/mol. The number of hydrogen-bond acceptors (Lipinski definition) is 5. The van der Waals surface area contributed by atoms with Gasteiger partial charge in [-0.2, -0.15) is 10.2 Å². The SMILES string of the molecule is COc1ccc(/C(C)=N\NC(=O)c2cc(-c3ccc(C)s3)[nH]n2)cc1. The van der Waals surface area contributed by atoms with E-state index in [0.29, 0.717) is 11.4 Å². The molecule has 0 atom stereocenters. The van der Waals surface area contributed by atoms with Gasteiger partial charge < -0.3 is 4.74 Å². The number of hydrogen-bond donors (Lipinski definition) is 2. The zero-order chi connectivity index (χ0) is 17.8. The molecule has 1 aromatic carbocycles. The van der Waals surface area contributed by atoms with Crippen molar-refractivity contribution in [2.45, 2.75) is 13.8 Å². The molecule has 0 aliphatic heterocycles. The summed E-state index contributed by atoms with van der Waals surface area (Å²) < 4.78 is 5.12. The number of H-pyrrole nitrogens is 1. The van der Waals surface area contributed by atoms with E-state index in [-0.39, 0.29) is 5.91 Å². The number of carbonyl (C=O) groups is 1. The number of aromatic nitrogens is 2. The van der Waals surface area contributed by atoms with Gasteiger partial charge in [-0.1, -0.05) is 0 Å². The first-order chi connectivity index (χ1) is 12.1. The lowest BCUT2D eigenvalue weighted by atomic mass is 10.1. The van der Waals surface area contributed by atoms with Gasteiger partial charge in [0.2, 0.25) is 0 Å². The van der Waals surface area contributed by atoms with Crippen molar-refractivity contribution >= 4 is 23.0 Å². The highest BCUT2D eigenvalue weighted by Gasteiger charge is 2.12. The summed E-state index contributed by atoms with van der Waals surface area (Å²) in [5.74, 6) is 0.414. The smallest absolute Gasteiger partial charge is 0.291 e. The highest BCUT2D eigenvalue weighted by atomic mass is 32.1. The van der Waals surface area contributed by atoms with E-state index in [1.165, 1.54) is 4.88 Å². The first-order valence-corrected chi connectivity index (χ1v) is 8.50. The van der Waals surface area contributed by atoms with Crippen LogP contribution in [0.1, 0.15) is 27.9 Å². The van der Waals surface area contributed by atoms with Crippen LogP contribution in [0.15, 0.2) is 47.6 Å². The van der Waals surface area contributed by atoms with Crippen molar-refractivity contribution in [1.82, 2.24) is 15.6 Å². The highest BCUT2D eigenvalue weighted by Crippen LogP contribution is 2.26. The van der Waals surface area contributed by atoms with Crippen molar-refractivity contribution in [1.29, 1.82) is 0 Å². The molecule has 2 aromatic heterocycles. The van der Waals surface area contributed by atoms with Gasteiger partial charge in [-0.05, 0) is 61.9 Å². The number of nitrogens with zero attached hydrogens (tertiary/aromatic N) is 2. The minimum Gasteiger partial charge on any atom is -0.497 e. The molecule has 0 fully saturated rings. The Morgan fingerprint density at radius 2 is 2.00 bits per heavy atom. The standard InChI is InChI=1S/C18H18N4O2S/c1-11-4-9-17(25-11)15-10-16(21-20-15)18(23)22-19-12(2)13-5-7-14(24-3)8-6-13/h4-10H,1-3H3,(H,20,21)(H,22,23)/b19-12-. The largest absolute Gasteiger partial charge is 0.497 e. The maximum Gasteiger partial charge on any atom is 0.291 e. The van der Waals surface area contributed by atoms with Crippen LogP contribution in [0.25, 0.3) is 10.6 Å². The maximum atomic E-state index is 12.2. The van der Waals surface area contributed by atoms with E-state index in [4.69, 9.17) is 4.74 Å². The predicted molar refractivity (Wildman–Crippen MR) is 99.3 cm³/mol. The summed E-state index contributed by atoms with van der Waals surface area (Å²) in [4.78, 5) is 14.5. The fourth-order valence-corrected chi connectivity index (χ4v) is 3.07. The Kier molecular flexibility index (Phi) is 4.95. The van der Waals surface area contributed by atoms with Gasteiger partial charge in [0.25, 0.3) is 5.91 Å². The summed E-state index contributed by atoms with van der Waals surface area (Å²) in [6.45, 7) is 3.86. The van der Waals surface area contributed by atoms with Gasteiger partial charge in [0.1, 0.15) is 5.75 Å². The summed E-state index contributed by atoms with van der Waals surface area (Å²) in [5, 5.41) is 11.1. The van der Waals surface area contributed by atoms with Crippen LogP contribution in [0.4, 0.5) is 0 Å². The molecule has 1 amide bonds. The Labute approximate surface area is 149 Å². The molecule has 3 rings (SSSR count). The molecule has 0 aliphatic carbocycles. The Morgan fingerprint density at radius 1 is 1.24 bits per heavy atom. The molecule has 0 saturated heterocycles. The Balaban J connectivity index is 1.68. The van der Waals surface area contributed by atoms with Crippen LogP contribution in [-0.2, 0) is 0 Å². The molecule has 0 bridgehead atoms. The third-order valence-electron chi connectivity index (χ3n) is 3.65. The Hall–Kier alpha value is -2.93. The van der Waals surface area contributed by atoms with E-state index in [9.17, 15) is 4.79 Å². The van der Waals surface area contributed by atoms with E-state index in [2.05, 4.69) is 20.7 Å². The molecule has 6 nitrogen and oxygen atoms in total. The van der Waals surface area contributed by atoms with E-state index >= 15 is 0 Å². The van der Waals surface area contributed by atoms with Crippen LogP contribution >= 0.6 is 11.3 Å². The maximum absolute atomic E-state index is 12.2. The molecule has 0 unspecified atom stereocenters. The third-order valence-corrected chi connectivity index (χ3v) is 4.68. The number of ether oxygens (including phenoxy) is 1. The second-order valence-corrected chi connectivity index (χ2v) is 6.73. The molecule has 25 heavy (non-hydrogen) atoms. The number of benzene rings is 1. The van der Waals surface area contributed by atoms with E-state index in [1.807, 2.05) is 50.2 Å². The van der Waals surface area contributed by atoms with Crippen molar-refractivity contribution in [3.05, 3.63) is 58.6 Å². The summed E-state index contributed by atoms with van der Waals surface area (Å²) in [6, 6.07) is 13.2.